The van der Waals surface area contributed by atoms with Crippen LogP contribution in [-0.4, -0.2) is 38.2 Å². The Morgan fingerprint density at radius 1 is 0.912 bits per heavy atom. The molecule has 0 bridgehead atoms. The molecular weight excluding hydrogens is 436 g/mol. The van der Waals surface area contributed by atoms with E-state index < -0.39 is 11.8 Å². The lowest BCUT2D eigenvalue weighted by Gasteiger charge is -2.23. The van der Waals surface area contributed by atoms with Gasteiger partial charge in [0.15, 0.2) is 5.69 Å². The van der Waals surface area contributed by atoms with Crippen LogP contribution in [0.3, 0.4) is 0 Å². The molecule has 0 unspecified atom stereocenters. The Labute approximate surface area is 195 Å². The molecule has 0 fully saturated rings. The van der Waals surface area contributed by atoms with Crippen molar-refractivity contribution >= 4 is 34.2 Å². The zero-order valence-electron chi connectivity index (χ0n) is 18.8. The van der Waals surface area contributed by atoms with Gasteiger partial charge in [0.2, 0.25) is 5.91 Å². The average Bonchev–Trinajstić information content (AvgIpc) is 2.84. The van der Waals surface area contributed by atoms with E-state index in [-0.39, 0.29) is 48.3 Å². The predicted octanol–water partition coefficient (Wildman–Crippen LogP) is 1.92. The number of hydrogen-bond donors (Lipinski definition) is 2. The number of carbonyl (C=O) groups is 3. The van der Waals surface area contributed by atoms with Crippen molar-refractivity contribution in [3.05, 3.63) is 76.2 Å². The number of rotatable bonds is 5. The summed E-state index contributed by atoms with van der Waals surface area (Å²) in [6, 6.07) is 15.7. The highest BCUT2D eigenvalue weighted by atomic mass is 16.2. The number of amides is 3. The van der Waals surface area contributed by atoms with Crippen LogP contribution in [0.15, 0.2) is 64.5 Å². The molecule has 3 aromatic rings. The van der Waals surface area contributed by atoms with Crippen LogP contribution in [0.1, 0.15) is 48.8 Å². The van der Waals surface area contributed by atoms with Crippen LogP contribution in [0, 0.1) is 0 Å². The normalized spacial score (nSPS) is 13.7. The van der Waals surface area contributed by atoms with Crippen molar-refractivity contribution in [3.8, 4) is 0 Å². The van der Waals surface area contributed by atoms with Crippen molar-refractivity contribution in [2.75, 3.05) is 0 Å². The lowest BCUT2D eigenvalue weighted by atomic mass is 10.1. The molecule has 0 aliphatic carbocycles. The summed E-state index contributed by atoms with van der Waals surface area (Å²) >= 11 is 0. The molecule has 1 aromatic heterocycles. The summed E-state index contributed by atoms with van der Waals surface area (Å²) in [5.74, 6) is -1.48. The van der Waals surface area contributed by atoms with Crippen LogP contribution in [0.4, 0.5) is 0 Å². The van der Waals surface area contributed by atoms with Crippen LogP contribution in [0.2, 0.25) is 0 Å². The van der Waals surface area contributed by atoms with Crippen molar-refractivity contribution in [1.82, 2.24) is 25.6 Å². The second kappa shape index (κ2) is 9.65. The summed E-state index contributed by atoms with van der Waals surface area (Å²) in [6.07, 6.45) is 0.295. The maximum atomic E-state index is 12.9. The Hall–Kier alpha value is -4.34. The number of hydrogen-bond acceptors (Lipinski definition) is 6. The number of benzene rings is 2. The maximum absolute atomic E-state index is 12.9. The summed E-state index contributed by atoms with van der Waals surface area (Å²) in [5, 5.41) is 10.4. The first-order valence-electron chi connectivity index (χ1n) is 10.9. The molecule has 10 heteroatoms. The SMILES string of the molecule is CC(C)n1nc(C(=O)NNC(=O)C2=NN(Cc3ccccc3)C(=O)CC2)c2ccccc2c1=O. The fourth-order valence-electron chi connectivity index (χ4n) is 3.61. The molecule has 2 aromatic carbocycles. The summed E-state index contributed by atoms with van der Waals surface area (Å²) in [7, 11) is 0. The smallest absolute Gasteiger partial charge is 0.273 e. The molecule has 4 rings (SSSR count). The first-order chi connectivity index (χ1) is 16.3. The third kappa shape index (κ3) is 4.70. The Morgan fingerprint density at radius 2 is 1.56 bits per heavy atom. The molecule has 34 heavy (non-hydrogen) atoms. The molecule has 3 amide bonds. The van der Waals surface area contributed by atoms with Gasteiger partial charge in [-0.25, -0.2) is 9.69 Å². The fourth-order valence-corrected chi connectivity index (χ4v) is 3.61. The van der Waals surface area contributed by atoms with E-state index in [1.54, 1.807) is 38.1 Å². The van der Waals surface area contributed by atoms with Gasteiger partial charge in [-0.15, -0.1) is 0 Å². The van der Waals surface area contributed by atoms with E-state index in [0.717, 1.165) is 5.56 Å². The summed E-state index contributed by atoms with van der Waals surface area (Å²) in [6.45, 7) is 3.82. The minimum atomic E-state index is -0.674. The van der Waals surface area contributed by atoms with Gasteiger partial charge in [0.1, 0.15) is 5.71 Å². The van der Waals surface area contributed by atoms with E-state index in [9.17, 15) is 19.2 Å². The Bertz CT molecular complexity index is 1350. The Balaban J connectivity index is 1.51. The molecule has 174 valence electrons. The van der Waals surface area contributed by atoms with Crippen LogP contribution < -0.4 is 16.4 Å². The molecular formula is C24H24N6O4. The lowest BCUT2D eigenvalue weighted by Crippen LogP contribution is -2.47. The molecule has 0 spiro atoms. The van der Waals surface area contributed by atoms with Gasteiger partial charge in [0.05, 0.1) is 18.0 Å². The summed E-state index contributed by atoms with van der Waals surface area (Å²) < 4.78 is 1.23. The van der Waals surface area contributed by atoms with Crippen molar-refractivity contribution in [2.24, 2.45) is 5.10 Å². The molecule has 10 nitrogen and oxygen atoms in total. The number of nitrogens with zero attached hydrogens (tertiary/aromatic N) is 4. The molecule has 2 N–H and O–H groups in total. The number of fused-ring (bicyclic) bond motifs is 1. The average molecular weight is 460 g/mol. The van der Waals surface area contributed by atoms with Crippen molar-refractivity contribution in [1.29, 1.82) is 0 Å². The zero-order chi connectivity index (χ0) is 24.2. The van der Waals surface area contributed by atoms with Gasteiger partial charge >= 0.3 is 0 Å². The van der Waals surface area contributed by atoms with Crippen LogP contribution in [0.25, 0.3) is 10.8 Å². The highest BCUT2D eigenvalue weighted by molar-refractivity contribution is 6.39. The molecule has 0 saturated carbocycles. The first kappa shape index (κ1) is 22.8. The lowest BCUT2D eigenvalue weighted by molar-refractivity contribution is -0.132. The van der Waals surface area contributed by atoms with Crippen molar-refractivity contribution in [2.45, 2.75) is 39.3 Å². The van der Waals surface area contributed by atoms with E-state index in [1.165, 1.54) is 9.69 Å². The minimum Gasteiger partial charge on any atom is -0.273 e. The van der Waals surface area contributed by atoms with E-state index in [2.05, 4.69) is 21.1 Å². The molecule has 2 heterocycles. The molecule has 1 aliphatic rings. The van der Waals surface area contributed by atoms with Gasteiger partial charge in [-0.2, -0.15) is 10.2 Å². The van der Waals surface area contributed by atoms with Gasteiger partial charge in [0, 0.05) is 18.2 Å². The van der Waals surface area contributed by atoms with E-state index >= 15 is 0 Å². The highest BCUT2D eigenvalue weighted by Gasteiger charge is 2.25. The van der Waals surface area contributed by atoms with Crippen molar-refractivity contribution in [3.63, 3.8) is 0 Å². The van der Waals surface area contributed by atoms with Crippen LogP contribution in [0.5, 0.6) is 0 Å². The van der Waals surface area contributed by atoms with Crippen molar-refractivity contribution < 1.29 is 14.4 Å². The largest absolute Gasteiger partial charge is 0.290 e. The third-order valence-corrected chi connectivity index (χ3v) is 5.36. The van der Waals surface area contributed by atoms with Crippen LogP contribution >= 0.6 is 0 Å². The van der Waals surface area contributed by atoms with Gasteiger partial charge < -0.3 is 0 Å². The summed E-state index contributed by atoms with van der Waals surface area (Å²) in [4.78, 5) is 50.4. The predicted molar refractivity (Wildman–Crippen MR) is 126 cm³/mol. The van der Waals surface area contributed by atoms with E-state index in [0.29, 0.717) is 10.8 Å². The molecule has 1 aliphatic heterocycles. The van der Waals surface area contributed by atoms with Crippen LogP contribution in [-0.2, 0) is 16.1 Å². The number of aromatic nitrogens is 2. The second-order valence-electron chi connectivity index (χ2n) is 8.13. The minimum absolute atomic E-state index is 0.00987. The van der Waals surface area contributed by atoms with Gasteiger partial charge in [-0.3, -0.25) is 30.0 Å². The number of hydrazone groups is 1. The van der Waals surface area contributed by atoms with Gasteiger partial charge in [0.25, 0.3) is 17.4 Å². The highest BCUT2D eigenvalue weighted by Crippen LogP contribution is 2.15. The topological polar surface area (TPSA) is 126 Å². The first-order valence-corrected chi connectivity index (χ1v) is 10.9. The monoisotopic (exact) mass is 460 g/mol. The standard InChI is InChI=1S/C24H24N6O4/c1-15(2)30-24(34)18-11-7-6-10-17(18)21(28-30)23(33)26-25-22(32)19-12-13-20(31)29(27-19)14-16-8-4-3-5-9-16/h3-11,15H,12-14H2,1-2H3,(H,25,32)(H,26,33). The second-order valence-corrected chi connectivity index (χ2v) is 8.13. The van der Waals surface area contributed by atoms with Gasteiger partial charge in [-0.1, -0.05) is 48.5 Å². The number of nitrogens with one attached hydrogen (secondary N) is 2. The maximum Gasteiger partial charge on any atom is 0.290 e. The quantitative estimate of drug-likeness (QED) is 0.563. The number of carbonyl (C=O) groups excluding carboxylic acids is 3. The van der Waals surface area contributed by atoms with E-state index in [4.69, 9.17) is 0 Å². The molecule has 0 atom stereocenters. The number of hydrazine groups is 1. The molecule has 0 radical (unpaired) electrons. The Morgan fingerprint density at radius 3 is 2.26 bits per heavy atom. The summed E-state index contributed by atoms with van der Waals surface area (Å²) in [5.41, 5.74) is 5.41. The van der Waals surface area contributed by atoms with Gasteiger partial charge in [-0.05, 0) is 25.5 Å². The van der Waals surface area contributed by atoms with E-state index in [1.807, 2.05) is 30.3 Å². The molecule has 0 saturated heterocycles. The Kier molecular flexibility index (Phi) is 6.48. The zero-order valence-corrected chi connectivity index (χ0v) is 18.8. The third-order valence-electron chi connectivity index (χ3n) is 5.36. The fraction of sp³-hybridized carbons (Fsp3) is 0.250.